The minimum atomic E-state index is -0.424. The Bertz CT molecular complexity index is 1250. The highest BCUT2D eigenvalue weighted by atomic mass is 35.5. The Morgan fingerprint density at radius 3 is 2.18 bits per heavy atom. The van der Waals surface area contributed by atoms with Crippen molar-refractivity contribution in [2.45, 2.75) is 31.4 Å². The minimum Gasteiger partial charge on any atom is -0.380 e. The molecule has 1 saturated carbocycles. The number of ether oxygens (including phenoxy) is 1. The highest BCUT2D eigenvalue weighted by molar-refractivity contribution is 6.03. The van der Waals surface area contributed by atoms with E-state index in [0.29, 0.717) is 24.3 Å². The zero-order valence-corrected chi connectivity index (χ0v) is 22.9. The van der Waals surface area contributed by atoms with Crippen LogP contribution in [0.15, 0.2) is 72.8 Å². The summed E-state index contributed by atoms with van der Waals surface area (Å²) in [7, 11) is 3.75. The van der Waals surface area contributed by atoms with Gasteiger partial charge >= 0.3 is 0 Å². The number of Topliss-reactive ketones (excluding diaryl/α,β-unsaturated/α-hetero) is 1. The van der Waals surface area contributed by atoms with Crippen molar-refractivity contribution in [3.8, 4) is 11.1 Å². The van der Waals surface area contributed by atoms with E-state index >= 15 is 0 Å². The van der Waals surface area contributed by atoms with Crippen molar-refractivity contribution < 1.29 is 14.3 Å². The fourth-order valence-corrected chi connectivity index (χ4v) is 5.16. The van der Waals surface area contributed by atoms with Crippen LogP contribution >= 0.6 is 12.4 Å². The van der Waals surface area contributed by atoms with Crippen LogP contribution in [0.2, 0.25) is 0 Å². The lowest BCUT2D eigenvalue weighted by Gasteiger charge is -2.37. The number of anilines is 1. The number of hydrogen-bond acceptors (Lipinski definition) is 5. The molecule has 1 amide bonds. The summed E-state index contributed by atoms with van der Waals surface area (Å²) in [4.78, 5) is 31.3. The highest BCUT2D eigenvalue weighted by Gasteiger charge is 2.54. The van der Waals surface area contributed by atoms with Crippen molar-refractivity contribution in [3.05, 3.63) is 89.5 Å². The summed E-state index contributed by atoms with van der Waals surface area (Å²) in [6.45, 7) is 4.11. The maximum atomic E-state index is 13.5. The summed E-state index contributed by atoms with van der Waals surface area (Å²) in [5, 5.41) is 3.16. The number of carbonyl (C=O) groups is 2. The molecule has 0 spiro atoms. The van der Waals surface area contributed by atoms with E-state index in [9.17, 15) is 9.59 Å². The van der Waals surface area contributed by atoms with Crippen molar-refractivity contribution in [1.82, 2.24) is 9.80 Å². The molecule has 1 aliphatic carbocycles. The van der Waals surface area contributed by atoms with E-state index in [2.05, 4.69) is 46.4 Å². The summed E-state index contributed by atoms with van der Waals surface area (Å²) >= 11 is 0. The number of piperazine rings is 1. The second kappa shape index (κ2) is 12.2. The van der Waals surface area contributed by atoms with Crippen LogP contribution in [0.4, 0.5) is 5.69 Å². The smallest absolute Gasteiger partial charge is 0.244 e. The van der Waals surface area contributed by atoms with Gasteiger partial charge < -0.3 is 15.0 Å². The van der Waals surface area contributed by atoms with Crippen LogP contribution in [0.1, 0.15) is 34.3 Å². The van der Waals surface area contributed by atoms with E-state index in [1.165, 1.54) is 0 Å². The maximum absolute atomic E-state index is 13.5. The lowest BCUT2D eigenvalue weighted by atomic mass is 9.98. The molecule has 6 nitrogen and oxygen atoms in total. The van der Waals surface area contributed by atoms with Crippen molar-refractivity contribution in [2.24, 2.45) is 0 Å². The number of carbonyl (C=O) groups excluding carboxylic acids is 2. The number of methoxy groups -OCH3 is 1. The molecule has 0 bridgehead atoms. The molecule has 7 heteroatoms. The molecule has 3 aromatic carbocycles. The van der Waals surface area contributed by atoms with E-state index in [1.54, 1.807) is 7.11 Å². The van der Waals surface area contributed by atoms with Crippen molar-refractivity contribution >= 4 is 29.8 Å². The standard InChI is InChI=1S/C31H35N3O3.ClH/c1-33-16-18-34(19-17-33)31(14-15-31)30(36)32-28-21-26(12-13-27(28)22-37-2)29(35)20-23-8-10-25(11-9-23)24-6-4-3-5-7-24;/h3-13,21H,14-20,22H2,1-2H3,(H,32,36);1H. The van der Waals surface area contributed by atoms with Crippen LogP contribution in [-0.2, 0) is 22.6 Å². The molecule has 5 rings (SSSR count). The number of nitrogens with one attached hydrogen (secondary N) is 1. The molecule has 1 aliphatic heterocycles. The minimum absolute atomic E-state index is 0. The lowest BCUT2D eigenvalue weighted by Crippen LogP contribution is -2.54. The van der Waals surface area contributed by atoms with Crippen LogP contribution in [0.25, 0.3) is 11.1 Å². The van der Waals surface area contributed by atoms with Crippen molar-refractivity contribution in [2.75, 3.05) is 45.7 Å². The number of nitrogens with zero attached hydrogens (tertiary/aromatic N) is 2. The summed E-state index contributed by atoms with van der Waals surface area (Å²) in [6, 6.07) is 23.9. The first-order valence-corrected chi connectivity index (χ1v) is 13.0. The van der Waals surface area contributed by atoms with Crippen LogP contribution in [0.3, 0.4) is 0 Å². The first-order chi connectivity index (χ1) is 18.0. The molecular formula is C31H36ClN3O3. The van der Waals surface area contributed by atoms with Gasteiger partial charge in [-0.2, -0.15) is 0 Å². The lowest BCUT2D eigenvalue weighted by molar-refractivity contribution is -0.123. The predicted molar refractivity (Wildman–Crippen MR) is 154 cm³/mol. The van der Waals surface area contributed by atoms with Gasteiger partial charge in [-0.3, -0.25) is 14.5 Å². The van der Waals surface area contributed by atoms with Crippen LogP contribution in [0, 0.1) is 0 Å². The number of ketones is 1. The summed E-state index contributed by atoms with van der Waals surface area (Å²) in [6.07, 6.45) is 2.05. The molecule has 0 atom stereocenters. The average molecular weight is 534 g/mol. The van der Waals surface area contributed by atoms with Crippen molar-refractivity contribution in [3.63, 3.8) is 0 Å². The third-order valence-electron chi connectivity index (χ3n) is 7.66. The molecule has 1 N–H and O–H groups in total. The van der Waals surface area contributed by atoms with Gasteiger partial charge in [0.05, 0.1) is 6.61 Å². The Morgan fingerprint density at radius 1 is 0.895 bits per heavy atom. The van der Waals surface area contributed by atoms with Gasteiger partial charge in [0.1, 0.15) is 5.54 Å². The monoisotopic (exact) mass is 533 g/mol. The third-order valence-corrected chi connectivity index (χ3v) is 7.66. The van der Waals surface area contributed by atoms with E-state index in [4.69, 9.17) is 4.74 Å². The molecule has 1 saturated heterocycles. The van der Waals surface area contributed by atoms with Crippen LogP contribution in [0.5, 0.6) is 0 Å². The molecule has 2 aliphatic rings. The fourth-order valence-electron chi connectivity index (χ4n) is 5.16. The first kappa shape index (κ1) is 28.0. The zero-order chi connectivity index (χ0) is 25.8. The molecule has 200 valence electrons. The number of likely N-dealkylation sites (N-methyl/N-ethyl adjacent to an activating group) is 1. The molecule has 3 aromatic rings. The van der Waals surface area contributed by atoms with Crippen molar-refractivity contribution in [1.29, 1.82) is 0 Å². The van der Waals surface area contributed by atoms with Gasteiger partial charge in [0, 0.05) is 56.5 Å². The van der Waals surface area contributed by atoms with Gasteiger partial charge in [0.15, 0.2) is 5.78 Å². The van der Waals surface area contributed by atoms with Gasteiger partial charge in [0.2, 0.25) is 5.91 Å². The Hall–Kier alpha value is -3.03. The zero-order valence-electron chi connectivity index (χ0n) is 22.1. The first-order valence-electron chi connectivity index (χ1n) is 13.0. The predicted octanol–water partition coefficient (Wildman–Crippen LogP) is 5.07. The van der Waals surface area contributed by atoms with E-state index < -0.39 is 5.54 Å². The molecular weight excluding hydrogens is 498 g/mol. The molecule has 2 fully saturated rings. The number of hydrogen-bond donors (Lipinski definition) is 1. The van der Waals surface area contributed by atoms with E-state index in [1.807, 2.05) is 48.5 Å². The maximum Gasteiger partial charge on any atom is 0.244 e. The van der Waals surface area contributed by atoms with Crippen LogP contribution in [-0.4, -0.2) is 67.4 Å². The topological polar surface area (TPSA) is 61.9 Å². The Kier molecular flexibility index (Phi) is 9.00. The summed E-state index contributed by atoms with van der Waals surface area (Å²) in [5.41, 5.74) is 4.94. The molecule has 38 heavy (non-hydrogen) atoms. The number of halogens is 1. The van der Waals surface area contributed by atoms with E-state index in [-0.39, 0.29) is 24.1 Å². The fraction of sp³-hybridized carbons (Fsp3) is 0.355. The molecule has 0 radical (unpaired) electrons. The van der Waals surface area contributed by atoms with E-state index in [0.717, 1.165) is 61.3 Å². The average Bonchev–Trinajstić information content (AvgIpc) is 3.73. The SMILES string of the molecule is COCc1ccc(C(=O)Cc2ccc(-c3ccccc3)cc2)cc1NC(=O)C1(N2CCN(C)CC2)CC1.Cl. The Balaban J connectivity index is 0.00000336. The second-order valence-corrected chi connectivity index (χ2v) is 10.2. The second-order valence-electron chi connectivity index (χ2n) is 10.2. The molecule has 1 heterocycles. The molecule has 0 unspecified atom stereocenters. The van der Waals surface area contributed by atoms with Gasteiger partial charge in [0.25, 0.3) is 0 Å². The van der Waals surface area contributed by atoms with Gasteiger partial charge in [-0.25, -0.2) is 0 Å². The largest absolute Gasteiger partial charge is 0.380 e. The number of amides is 1. The van der Waals surface area contributed by atoms with Gasteiger partial charge in [-0.15, -0.1) is 12.4 Å². The quantitative estimate of drug-likeness (QED) is 0.389. The summed E-state index contributed by atoms with van der Waals surface area (Å²) < 4.78 is 5.37. The normalized spacial score (nSPS) is 16.9. The van der Waals surface area contributed by atoms with Gasteiger partial charge in [-0.05, 0) is 42.6 Å². The Labute approximate surface area is 231 Å². The number of rotatable bonds is 9. The highest BCUT2D eigenvalue weighted by Crippen LogP contribution is 2.43. The summed E-state index contributed by atoms with van der Waals surface area (Å²) in [5.74, 6) is 0.0441. The number of benzene rings is 3. The van der Waals surface area contributed by atoms with Crippen LogP contribution < -0.4 is 5.32 Å². The molecule has 0 aromatic heterocycles. The van der Waals surface area contributed by atoms with Gasteiger partial charge in [-0.1, -0.05) is 66.7 Å². The third kappa shape index (κ3) is 6.16. The Morgan fingerprint density at radius 2 is 1.55 bits per heavy atom.